The van der Waals surface area contributed by atoms with E-state index in [1.165, 1.54) is 12.1 Å². The summed E-state index contributed by atoms with van der Waals surface area (Å²) in [6, 6.07) is 6.28. The Morgan fingerprint density at radius 2 is 1.85 bits per heavy atom. The number of piperidine rings is 1. The van der Waals surface area contributed by atoms with Crippen molar-refractivity contribution < 1.29 is 32.5 Å². The van der Waals surface area contributed by atoms with Gasteiger partial charge in [0.1, 0.15) is 5.82 Å². The Morgan fingerprint density at radius 1 is 1.18 bits per heavy atom. The van der Waals surface area contributed by atoms with Gasteiger partial charge in [0.05, 0.1) is 17.4 Å². The van der Waals surface area contributed by atoms with Crippen LogP contribution in [0.25, 0.3) is 11.3 Å². The Bertz CT molecular complexity index is 985. The van der Waals surface area contributed by atoms with E-state index in [1.54, 1.807) is 6.07 Å². The third-order valence-corrected chi connectivity index (χ3v) is 5.90. The van der Waals surface area contributed by atoms with Crippen molar-refractivity contribution >= 4 is 11.8 Å². The first-order valence-electron chi connectivity index (χ1n) is 11.1. The summed E-state index contributed by atoms with van der Waals surface area (Å²) in [6.07, 6.45) is -0.974. The summed E-state index contributed by atoms with van der Waals surface area (Å²) in [5.41, 5.74) is -1.27. The molecule has 1 aliphatic carbocycles. The maximum Gasteiger partial charge on any atom is 0.416 e. The van der Waals surface area contributed by atoms with Gasteiger partial charge in [-0.2, -0.15) is 23.1 Å². The molecule has 0 radical (unpaired) electrons. The topological polar surface area (TPSA) is 84.8 Å². The first-order valence-corrected chi connectivity index (χ1v) is 11.1. The van der Waals surface area contributed by atoms with Crippen molar-refractivity contribution in [1.82, 2.24) is 9.97 Å². The fraction of sp³-hybridized carbons (Fsp3) is 0.522. The molecule has 0 spiro atoms. The molecule has 0 bridgehead atoms. The van der Waals surface area contributed by atoms with Crippen LogP contribution in [-0.4, -0.2) is 52.4 Å². The smallest absolute Gasteiger partial charge is 0.416 e. The minimum absolute atomic E-state index is 0.0911. The lowest BCUT2D eigenvalue weighted by Gasteiger charge is -2.33. The van der Waals surface area contributed by atoms with E-state index in [2.05, 4.69) is 16.9 Å². The van der Waals surface area contributed by atoms with Crippen LogP contribution < -0.4 is 9.64 Å². The average molecular weight is 465 g/mol. The van der Waals surface area contributed by atoms with E-state index in [9.17, 15) is 23.1 Å². The van der Waals surface area contributed by atoms with E-state index >= 15 is 0 Å². The summed E-state index contributed by atoms with van der Waals surface area (Å²) < 4.78 is 50.4. The quantitative estimate of drug-likeness (QED) is 0.612. The molecule has 4 rings (SSSR count). The van der Waals surface area contributed by atoms with E-state index < -0.39 is 23.3 Å². The SMILES string of the molecule is CCCOC1CCN(c2cc(-c3ccc(C(F)(F)F)cc3)nc(OC3(C(=O)O)CC3)n2)CC1. The van der Waals surface area contributed by atoms with Crippen molar-refractivity contribution in [2.24, 2.45) is 0 Å². The second kappa shape index (κ2) is 9.17. The normalized spacial score (nSPS) is 18.2. The molecule has 2 heterocycles. The molecule has 7 nitrogen and oxygen atoms in total. The number of anilines is 1. The highest BCUT2D eigenvalue weighted by Crippen LogP contribution is 2.40. The number of halogens is 3. The van der Waals surface area contributed by atoms with Crippen LogP contribution in [0.5, 0.6) is 6.01 Å². The van der Waals surface area contributed by atoms with Gasteiger partial charge in [-0.25, -0.2) is 4.79 Å². The van der Waals surface area contributed by atoms with Crippen molar-refractivity contribution in [3.63, 3.8) is 0 Å². The van der Waals surface area contributed by atoms with Crippen molar-refractivity contribution in [2.75, 3.05) is 24.6 Å². The first-order chi connectivity index (χ1) is 15.7. The van der Waals surface area contributed by atoms with Gasteiger partial charge in [0, 0.05) is 44.2 Å². The van der Waals surface area contributed by atoms with Gasteiger partial charge in [-0.15, -0.1) is 0 Å². The van der Waals surface area contributed by atoms with Crippen LogP contribution in [0.2, 0.25) is 0 Å². The maximum atomic E-state index is 13.0. The maximum absolute atomic E-state index is 13.0. The number of hydrogen-bond acceptors (Lipinski definition) is 6. The van der Waals surface area contributed by atoms with Gasteiger partial charge in [-0.05, 0) is 31.4 Å². The Labute approximate surface area is 189 Å². The van der Waals surface area contributed by atoms with Crippen LogP contribution in [0.15, 0.2) is 30.3 Å². The molecule has 33 heavy (non-hydrogen) atoms. The molecule has 1 aromatic carbocycles. The summed E-state index contributed by atoms with van der Waals surface area (Å²) in [4.78, 5) is 22.4. The van der Waals surface area contributed by atoms with Crippen molar-refractivity contribution in [2.45, 2.75) is 56.9 Å². The lowest BCUT2D eigenvalue weighted by Crippen LogP contribution is -2.38. The van der Waals surface area contributed by atoms with Gasteiger partial charge < -0.3 is 19.5 Å². The number of benzene rings is 1. The molecule has 1 aliphatic heterocycles. The molecule has 2 aromatic rings. The number of carboxylic acids is 1. The highest BCUT2D eigenvalue weighted by molar-refractivity contribution is 5.81. The highest BCUT2D eigenvalue weighted by Gasteiger charge is 2.54. The number of aliphatic carboxylic acids is 1. The second-order valence-electron chi connectivity index (χ2n) is 8.43. The molecule has 0 amide bonds. The Hall–Kier alpha value is -2.88. The number of carbonyl (C=O) groups is 1. The van der Waals surface area contributed by atoms with Crippen LogP contribution >= 0.6 is 0 Å². The van der Waals surface area contributed by atoms with Crippen LogP contribution in [0.3, 0.4) is 0 Å². The minimum Gasteiger partial charge on any atom is -0.478 e. The van der Waals surface area contributed by atoms with Crippen LogP contribution in [0.4, 0.5) is 19.0 Å². The van der Waals surface area contributed by atoms with E-state index in [0.717, 1.165) is 31.4 Å². The number of hydrogen-bond donors (Lipinski definition) is 1. The molecule has 1 N–H and O–H groups in total. The van der Waals surface area contributed by atoms with Crippen LogP contribution in [0.1, 0.15) is 44.6 Å². The summed E-state index contributed by atoms with van der Waals surface area (Å²) in [6.45, 7) is 4.14. The standard InChI is InChI=1S/C23H26F3N3O4/c1-2-13-32-17-7-11-29(12-8-17)19-14-18(15-3-5-16(6-4-15)23(24,25)26)27-21(28-19)33-22(9-10-22)20(30)31/h3-6,14,17H,2,7-13H2,1H3,(H,30,31). The predicted octanol–water partition coefficient (Wildman–Crippen LogP) is 4.55. The molecule has 0 unspecified atom stereocenters. The zero-order valence-electron chi connectivity index (χ0n) is 18.3. The van der Waals surface area contributed by atoms with E-state index in [4.69, 9.17) is 9.47 Å². The minimum atomic E-state index is -4.44. The number of rotatable bonds is 8. The third-order valence-electron chi connectivity index (χ3n) is 5.90. The van der Waals surface area contributed by atoms with Gasteiger partial charge in [-0.3, -0.25) is 0 Å². The van der Waals surface area contributed by atoms with Crippen LogP contribution in [-0.2, 0) is 15.7 Å². The number of ether oxygens (including phenoxy) is 2. The summed E-state index contributed by atoms with van der Waals surface area (Å²) in [7, 11) is 0. The molecule has 1 aromatic heterocycles. The van der Waals surface area contributed by atoms with E-state index in [1.807, 2.05) is 4.90 Å². The largest absolute Gasteiger partial charge is 0.478 e. The molecule has 178 valence electrons. The summed E-state index contributed by atoms with van der Waals surface area (Å²) in [5.74, 6) is -0.536. The molecule has 1 saturated heterocycles. The van der Waals surface area contributed by atoms with Crippen molar-refractivity contribution in [3.8, 4) is 17.3 Å². The lowest BCUT2D eigenvalue weighted by atomic mass is 10.1. The highest BCUT2D eigenvalue weighted by atomic mass is 19.4. The van der Waals surface area contributed by atoms with Crippen molar-refractivity contribution in [3.05, 3.63) is 35.9 Å². The summed E-state index contributed by atoms with van der Waals surface area (Å²) >= 11 is 0. The molecule has 0 atom stereocenters. The van der Waals surface area contributed by atoms with Gasteiger partial charge in [0.2, 0.25) is 5.60 Å². The molecule has 2 fully saturated rings. The van der Waals surface area contributed by atoms with E-state index in [-0.39, 0.29) is 12.1 Å². The predicted molar refractivity (Wildman–Crippen MR) is 114 cm³/mol. The zero-order chi connectivity index (χ0) is 23.6. The average Bonchev–Trinajstić information content (AvgIpc) is 3.58. The van der Waals surface area contributed by atoms with E-state index in [0.29, 0.717) is 49.6 Å². The Kier molecular flexibility index (Phi) is 6.47. The summed E-state index contributed by atoms with van der Waals surface area (Å²) in [5, 5.41) is 9.46. The monoisotopic (exact) mass is 465 g/mol. The van der Waals surface area contributed by atoms with Gasteiger partial charge >= 0.3 is 18.2 Å². The molecule has 2 aliphatic rings. The number of aromatic nitrogens is 2. The number of nitrogens with zero attached hydrogens (tertiary/aromatic N) is 3. The number of carboxylic acid groups (broad SMARTS) is 1. The van der Waals surface area contributed by atoms with Gasteiger partial charge in [0.25, 0.3) is 0 Å². The molecule has 10 heteroatoms. The van der Waals surface area contributed by atoms with Gasteiger partial charge in [-0.1, -0.05) is 19.1 Å². The fourth-order valence-corrected chi connectivity index (χ4v) is 3.78. The van der Waals surface area contributed by atoms with Crippen LogP contribution in [0, 0.1) is 0 Å². The fourth-order valence-electron chi connectivity index (χ4n) is 3.78. The zero-order valence-corrected chi connectivity index (χ0v) is 18.3. The van der Waals surface area contributed by atoms with Gasteiger partial charge in [0.15, 0.2) is 0 Å². The third kappa shape index (κ3) is 5.38. The Balaban J connectivity index is 1.61. The molecule has 1 saturated carbocycles. The molecular formula is C23H26F3N3O4. The second-order valence-corrected chi connectivity index (χ2v) is 8.43. The molecular weight excluding hydrogens is 439 g/mol. The van der Waals surface area contributed by atoms with Crippen molar-refractivity contribution in [1.29, 1.82) is 0 Å². The number of alkyl halides is 3. The first kappa shape index (κ1) is 23.3. The Morgan fingerprint density at radius 3 is 2.39 bits per heavy atom. The lowest BCUT2D eigenvalue weighted by molar-refractivity contribution is -0.147.